The molecule has 1 aliphatic rings. The first kappa shape index (κ1) is 15.9. The highest BCUT2D eigenvalue weighted by Gasteiger charge is 2.29. The maximum Gasteiger partial charge on any atom is 0.322 e. The molecule has 7 nitrogen and oxygen atoms in total. The molecule has 1 aliphatic heterocycles. The lowest BCUT2D eigenvalue weighted by Gasteiger charge is -2.19. The molecule has 124 valence electrons. The normalized spacial score (nSPS) is 16.8. The van der Waals surface area contributed by atoms with E-state index in [1.165, 1.54) is 0 Å². The maximum absolute atomic E-state index is 12.3. The monoisotopic (exact) mass is 326 g/mol. The van der Waals surface area contributed by atoms with Gasteiger partial charge in [-0.25, -0.2) is 4.79 Å². The largest absolute Gasteiger partial charge is 0.341 e. The van der Waals surface area contributed by atoms with Gasteiger partial charge in [-0.05, 0) is 23.4 Å². The van der Waals surface area contributed by atoms with E-state index in [1.807, 2.05) is 24.3 Å². The number of hydrogen-bond acceptors (Lipinski definition) is 4. The molecule has 0 spiro atoms. The van der Waals surface area contributed by atoms with E-state index >= 15 is 0 Å². The molecule has 4 amide bonds. The van der Waals surface area contributed by atoms with Gasteiger partial charge in [-0.2, -0.15) is 0 Å². The number of nitrogens with zero attached hydrogens (tertiary/aromatic N) is 2. The average Bonchev–Trinajstić information content (AvgIpc) is 2.90. The number of benzene rings is 1. The number of aromatic nitrogens is 1. The molecule has 2 heterocycles. The van der Waals surface area contributed by atoms with E-state index in [0.717, 1.165) is 16.3 Å². The van der Waals surface area contributed by atoms with E-state index in [1.54, 1.807) is 24.3 Å². The van der Waals surface area contributed by atoms with Crippen molar-refractivity contribution in [1.82, 2.24) is 20.5 Å². The zero-order valence-corrected chi connectivity index (χ0v) is 13.3. The summed E-state index contributed by atoms with van der Waals surface area (Å²) in [5.74, 6) is -0.452. The molecule has 1 aromatic heterocycles. The van der Waals surface area contributed by atoms with Crippen LogP contribution in [0.4, 0.5) is 4.79 Å². The van der Waals surface area contributed by atoms with Crippen molar-refractivity contribution in [3.8, 4) is 0 Å². The van der Waals surface area contributed by atoms with Crippen LogP contribution in [0.15, 0.2) is 36.7 Å². The Morgan fingerprint density at radius 1 is 1.29 bits per heavy atom. The van der Waals surface area contributed by atoms with E-state index in [2.05, 4.69) is 15.6 Å². The number of nitrogens with one attached hydrogen (secondary N) is 2. The fourth-order valence-corrected chi connectivity index (χ4v) is 2.79. The van der Waals surface area contributed by atoms with E-state index in [0.29, 0.717) is 13.0 Å². The van der Waals surface area contributed by atoms with Gasteiger partial charge in [0, 0.05) is 37.8 Å². The van der Waals surface area contributed by atoms with Gasteiger partial charge in [-0.3, -0.25) is 19.9 Å². The molecule has 2 aromatic rings. The summed E-state index contributed by atoms with van der Waals surface area (Å²) in [4.78, 5) is 40.6. The van der Waals surface area contributed by atoms with Crippen molar-refractivity contribution < 1.29 is 14.4 Å². The molecule has 2 N–H and O–H groups in total. The molecule has 0 bridgehead atoms. The smallest absolute Gasteiger partial charge is 0.322 e. The zero-order chi connectivity index (χ0) is 17.1. The number of imide groups is 1. The molecule has 24 heavy (non-hydrogen) atoms. The third-order valence-corrected chi connectivity index (χ3v) is 4.11. The number of rotatable bonds is 5. The van der Waals surface area contributed by atoms with Crippen molar-refractivity contribution in [2.75, 3.05) is 7.05 Å². The Balaban J connectivity index is 1.61. The Bertz CT molecular complexity index is 800. The summed E-state index contributed by atoms with van der Waals surface area (Å²) in [5.41, 5.74) is 1.04. The number of hydrogen-bond donors (Lipinski definition) is 2. The van der Waals surface area contributed by atoms with Gasteiger partial charge in [0.15, 0.2) is 0 Å². The molecule has 3 rings (SSSR count). The van der Waals surface area contributed by atoms with E-state index < -0.39 is 12.1 Å². The highest BCUT2D eigenvalue weighted by Crippen LogP contribution is 2.19. The van der Waals surface area contributed by atoms with Crippen LogP contribution in [0.25, 0.3) is 10.8 Å². The fourth-order valence-electron chi connectivity index (χ4n) is 2.79. The number of pyridine rings is 1. The van der Waals surface area contributed by atoms with Crippen LogP contribution in [-0.4, -0.2) is 40.8 Å². The van der Waals surface area contributed by atoms with Crippen LogP contribution >= 0.6 is 0 Å². The Kier molecular flexibility index (Phi) is 4.41. The molecule has 0 unspecified atom stereocenters. The lowest BCUT2D eigenvalue weighted by atomic mass is 10.1. The molecular weight excluding hydrogens is 308 g/mol. The van der Waals surface area contributed by atoms with Crippen molar-refractivity contribution >= 4 is 28.6 Å². The standard InChI is InChI=1S/C17H18N4O3/c1-21(15(22)6-5-14-16(23)20-17(24)19-14)10-12-4-2-3-11-9-18-8-7-13(11)12/h2-4,7-9,14H,5-6,10H2,1H3,(H2,19,20,23,24)/t14-/m1/s1. The first-order valence-corrected chi connectivity index (χ1v) is 7.71. The average molecular weight is 326 g/mol. The highest BCUT2D eigenvalue weighted by molar-refractivity contribution is 6.04. The number of carbonyl (C=O) groups is 3. The van der Waals surface area contributed by atoms with Gasteiger partial charge in [0.2, 0.25) is 5.91 Å². The number of urea groups is 1. The Morgan fingerprint density at radius 3 is 2.88 bits per heavy atom. The van der Waals surface area contributed by atoms with Crippen molar-refractivity contribution in [3.05, 3.63) is 42.2 Å². The summed E-state index contributed by atoms with van der Waals surface area (Å²) in [6.45, 7) is 0.476. The summed E-state index contributed by atoms with van der Waals surface area (Å²) in [5, 5.41) is 6.75. The minimum Gasteiger partial charge on any atom is -0.341 e. The molecule has 1 atom stereocenters. The van der Waals surface area contributed by atoms with Crippen molar-refractivity contribution in [1.29, 1.82) is 0 Å². The van der Waals surface area contributed by atoms with Gasteiger partial charge in [0.05, 0.1) is 0 Å². The van der Waals surface area contributed by atoms with Crippen LogP contribution in [0.1, 0.15) is 18.4 Å². The predicted molar refractivity (Wildman–Crippen MR) is 87.9 cm³/mol. The summed E-state index contributed by atoms with van der Waals surface area (Å²) in [6.07, 6.45) is 4.01. The summed E-state index contributed by atoms with van der Waals surface area (Å²) >= 11 is 0. The Labute approximate surface area is 139 Å². The van der Waals surface area contributed by atoms with Crippen molar-refractivity contribution in [3.63, 3.8) is 0 Å². The summed E-state index contributed by atoms with van der Waals surface area (Å²) in [6, 6.07) is 6.71. The van der Waals surface area contributed by atoms with Gasteiger partial charge < -0.3 is 10.2 Å². The first-order chi connectivity index (χ1) is 11.5. The van der Waals surface area contributed by atoms with Crippen molar-refractivity contribution in [2.45, 2.75) is 25.4 Å². The topological polar surface area (TPSA) is 91.4 Å². The van der Waals surface area contributed by atoms with Crippen LogP contribution in [0.3, 0.4) is 0 Å². The molecule has 1 aromatic carbocycles. The second-order valence-electron chi connectivity index (χ2n) is 5.82. The Morgan fingerprint density at radius 2 is 2.12 bits per heavy atom. The molecular formula is C17H18N4O3. The van der Waals surface area contributed by atoms with Crippen LogP contribution in [0, 0.1) is 0 Å². The number of carbonyl (C=O) groups excluding carboxylic acids is 3. The van der Waals surface area contributed by atoms with Gasteiger partial charge in [-0.15, -0.1) is 0 Å². The van der Waals surface area contributed by atoms with Gasteiger partial charge in [0.1, 0.15) is 6.04 Å². The SMILES string of the molecule is CN(Cc1cccc2cnccc12)C(=O)CC[C@H]1NC(=O)NC1=O. The lowest BCUT2D eigenvalue weighted by Crippen LogP contribution is -2.32. The quantitative estimate of drug-likeness (QED) is 0.807. The third kappa shape index (κ3) is 3.34. The molecule has 1 saturated heterocycles. The Hall–Kier alpha value is -2.96. The van der Waals surface area contributed by atoms with Crippen LogP contribution < -0.4 is 10.6 Å². The molecule has 0 saturated carbocycles. The van der Waals surface area contributed by atoms with Crippen LogP contribution in [0.2, 0.25) is 0 Å². The highest BCUT2D eigenvalue weighted by atomic mass is 16.2. The molecule has 7 heteroatoms. The first-order valence-electron chi connectivity index (χ1n) is 7.71. The molecule has 0 radical (unpaired) electrons. The predicted octanol–water partition coefficient (Wildman–Crippen LogP) is 1.18. The summed E-state index contributed by atoms with van der Waals surface area (Å²) in [7, 11) is 1.73. The maximum atomic E-state index is 12.3. The second-order valence-corrected chi connectivity index (χ2v) is 5.82. The third-order valence-electron chi connectivity index (χ3n) is 4.11. The number of amides is 4. The van der Waals surface area contributed by atoms with Gasteiger partial charge in [-0.1, -0.05) is 18.2 Å². The number of fused-ring (bicyclic) bond motifs is 1. The van der Waals surface area contributed by atoms with E-state index in [-0.39, 0.29) is 18.2 Å². The molecule has 1 fully saturated rings. The van der Waals surface area contributed by atoms with Crippen LogP contribution in [0.5, 0.6) is 0 Å². The minimum absolute atomic E-state index is 0.0741. The van der Waals surface area contributed by atoms with Crippen LogP contribution in [-0.2, 0) is 16.1 Å². The van der Waals surface area contributed by atoms with E-state index in [9.17, 15) is 14.4 Å². The van der Waals surface area contributed by atoms with Crippen molar-refractivity contribution in [2.24, 2.45) is 0 Å². The van der Waals surface area contributed by atoms with Gasteiger partial charge >= 0.3 is 6.03 Å². The van der Waals surface area contributed by atoms with E-state index in [4.69, 9.17) is 0 Å². The zero-order valence-electron chi connectivity index (χ0n) is 13.3. The lowest BCUT2D eigenvalue weighted by molar-refractivity contribution is -0.130. The fraction of sp³-hybridized carbons (Fsp3) is 0.294. The second kappa shape index (κ2) is 6.66. The minimum atomic E-state index is -0.626. The summed E-state index contributed by atoms with van der Waals surface area (Å²) < 4.78 is 0. The molecule has 0 aliphatic carbocycles. The van der Waals surface area contributed by atoms with Gasteiger partial charge in [0.25, 0.3) is 5.91 Å².